The number of methoxy groups -OCH3 is 1. The van der Waals surface area contributed by atoms with Gasteiger partial charge < -0.3 is 24.5 Å². The fraction of sp³-hybridized carbons (Fsp3) is 0.261. The summed E-state index contributed by atoms with van der Waals surface area (Å²) >= 11 is 0. The number of aryl methyl sites for hydroxylation is 2. The molecule has 3 N–H and O–H groups in total. The van der Waals surface area contributed by atoms with Gasteiger partial charge >= 0.3 is 5.69 Å². The first-order valence-corrected chi connectivity index (χ1v) is 10.3. The molecule has 2 aromatic heterocycles. The molecule has 0 aliphatic heterocycles. The lowest BCUT2D eigenvalue weighted by molar-refractivity contribution is 0.0938. The summed E-state index contributed by atoms with van der Waals surface area (Å²) in [5, 5.41) is 13.9. The van der Waals surface area contributed by atoms with E-state index in [1.54, 1.807) is 35.9 Å². The van der Waals surface area contributed by atoms with Crippen LogP contribution < -0.4 is 26.0 Å². The molecule has 0 aliphatic carbocycles. The van der Waals surface area contributed by atoms with Crippen LogP contribution in [0, 0.1) is 6.92 Å². The molecule has 0 saturated carbocycles. The molecule has 1 atom stereocenters. The Morgan fingerprint density at radius 2 is 1.88 bits per heavy atom. The third kappa shape index (κ3) is 4.75. The first kappa shape index (κ1) is 22.2. The number of benzene rings is 2. The molecule has 0 spiro atoms. The van der Waals surface area contributed by atoms with Gasteiger partial charge in [0.2, 0.25) is 5.95 Å². The number of nitrogens with zero attached hydrogens (tertiary/aromatic N) is 3. The van der Waals surface area contributed by atoms with Crippen molar-refractivity contribution in [2.24, 2.45) is 7.05 Å². The summed E-state index contributed by atoms with van der Waals surface area (Å²) in [5.74, 6) is 1.60. The van der Waals surface area contributed by atoms with E-state index < -0.39 is 17.4 Å². The maximum atomic E-state index is 12.6. The van der Waals surface area contributed by atoms with Gasteiger partial charge in [0.15, 0.2) is 11.2 Å². The predicted molar refractivity (Wildman–Crippen MR) is 125 cm³/mol. The highest BCUT2D eigenvalue weighted by Gasteiger charge is 2.20. The molecule has 0 radical (unpaired) electrons. The standard InChI is InChI=1S/C23H25N5O5/c1-14-5-4-6-15(11-14)24-22-25-20-19(21(30)26-23(31)27(20)2)28(22)12-16(29)13-33-18-9-7-17(32-3)8-10-18/h4-11,16,29H,12-13H2,1-3H3,(H,24,25)(H,26,30,31)/t16-/m1/s1. The zero-order chi connectivity index (χ0) is 23.5. The summed E-state index contributed by atoms with van der Waals surface area (Å²) in [7, 11) is 3.10. The van der Waals surface area contributed by atoms with Crippen LogP contribution in [0.25, 0.3) is 11.2 Å². The number of ether oxygens (including phenoxy) is 2. The number of anilines is 2. The Bertz CT molecular complexity index is 1390. The summed E-state index contributed by atoms with van der Waals surface area (Å²) < 4.78 is 13.6. The van der Waals surface area contributed by atoms with Crippen molar-refractivity contribution in [1.82, 2.24) is 19.1 Å². The third-order valence-corrected chi connectivity index (χ3v) is 5.18. The van der Waals surface area contributed by atoms with Crippen molar-refractivity contribution in [3.05, 3.63) is 74.9 Å². The van der Waals surface area contributed by atoms with Gasteiger partial charge in [-0.05, 0) is 48.9 Å². The first-order chi connectivity index (χ1) is 15.9. The molecule has 0 bridgehead atoms. The van der Waals surface area contributed by atoms with E-state index in [-0.39, 0.29) is 24.3 Å². The van der Waals surface area contributed by atoms with Gasteiger partial charge in [-0.15, -0.1) is 0 Å². The smallest absolute Gasteiger partial charge is 0.329 e. The minimum Gasteiger partial charge on any atom is -0.497 e. The Morgan fingerprint density at radius 3 is 2.58 bits per heavy atom. The van der Waals surface area contributed by atoms with E-state index in [0.29, 0.717) is 17.4 Å². The summed E-state index contributed by atoms with van der Waals surface area (Å²) in [6, 6.07) is 14.6. The number of aromatic amines is 1. The number of aliphatic hydroxyl groups excluding tert-OH is 1. The molecule has 172 valence electrons. The van der Waals surface area contributed by atoms with E-state index in [4.69, 9.17) is 9.47 Å². The highest BCUT2D eigenvalue weighted by molar-refractivity contribution is 5.75. The minimum absolute atomic E-state index is 0.0143. The molecule has 4 aromatic rings. The summed E-state index contributed by atoms with van der Waals surface area (Å²) in [6.07, 6.45) is -0.959. The Labute approximate surface area is 189 Å². The molecule has 4 rings (SSSR count). The zero-order valence-corrected chi connectivity index (χ0v) is 18.5. The number of nitrogens with one attached hydrogen (secondary N) is 2. The van der Waals surface area contributed by atoms with E-state index in [0.717, 1.165) is 11.3 Å². The Kier molecular flexibility index (Phi) is 6.18. The van der Waals surface area contributed by atoms with Gasteiger partial charge in [0, 0.05) is 12.7 Å². The highest BCUT2D eigenvalue weighted by atomic mass is 16.5. The van der Waals surface area contributed by atoms with Crippen LogP contribution in [0.4, 0.5) is 11.6 Å². The highest BCUT2D eigenvalue weighted by Crippen LogP contribution is 2.22. The maximum absolute atomic E-state index is 12.6. The minimum atomic E-state index is -0.959. The Morgan fingerprint density at radius 1 is 1.15 bits per heavy atom. The van der Waals surface area contributed by atoms with Gasteiger partial charge in [0.1, 0.15) is 24.2 Å². The average Bonchev–Trinajstić information content (AvgIpc) is 3.15. The SMILES string of the molecule is COc1ccc(OC[C@H](O)Cn2c(Nc3cccc(C)c3)nc3c2c(=O)[nH]c(=O)n3C)cc1. The van der Waals surface area contributed by atoms with Gasteiger partial charge in [-0.3, -0.25) is 14.3 Å². The summed E-state index contributed by atoms with van der Waals surface area (Å²) in [5.41, 5.74) is 1.04. The van der Waals surface area contributed by atoms with Crippen LogP contribution in [0.5, 0.6) is 11.5 Å². The zero-order valence-electron chi connectivity index (χ0n) is 18.5. The second-order valence-corrected chi connectivity index (χ2v) is 7.67. The van der Waals surface area contributed by atoms with E-state index in [9.17, 15) is 14.7 Å². The number of imidazole rings is 1. The van der Waals surface area contributed by atoms with Crippen LogP contribution in [0.1, 0.15) is 5.56 Å². The number of H-pyrrole nitrogens is 1. The number of aromatic nitrogens is 4. The molecule has 2 aromatic carbocycles. The van der Waals surface area contributed by atoms with Crippen molar-refractivity contribution in [3.63, 3.8) is 0 Å². The lowest BCUT2D eigenvalue weighted by atomic mass is 10.2. The fourth-order valence-electron chi connectivity index (χ4n) is 3.49. The van der Waals surface area contributed by atoms with Crippen molar-refractivity contribution in [3.8, 4) is 11.5 Å². The van der Waals surface area contributed by atoms with Crippen molar-refractivity contribution in [1.29, 1.82) is 0 Å². The number of aliphatic hydroxyl groups is 1. The summed E-state index contributed by atoms with van der Waals surface area (Å²) in [4.78, 5) is 31.5. The predicted octanol–water partition coefficient (Wildman–Crippen LogP) is 1.92. The molecule has 0 aliphatic rings. The van der Waals surface area contributed by atoms with Crippen molar-refractivity contribution in [2.75, 3.05) is 19.0 Å². The van der Waals surface area contributed by atoms with Gasteiger partial charge in [0.25, 0.3) is 5.56 Å². The van der Waals surface area contributed by atoms with Gasteiger partial charge in [-0.1, -0.05) is 12.1 Å². The van der Waals surface area contributed by atoms with Crippen LogP contribution in [0.3, 0.4) is 0 Å². The molecule has 33 heavy (non-hydrogen) atoms. The largest absolute Gasteiger partial charge is 0.497 e. The number of fused-ring (bicyclic) bond motifs is 1. The van der Waals surface area contributed by atoms with Crippen LogP contribution >= 0.6 is 0 Å². The van der Waals surface area contributed by atoms with E-state index in [2.05, 4.69) is 15.3 Å². The second-order valence-electron chi connectivity index (χ2n) is 7.67. The normalized spacial score (nSPS) is 12.0. The molecule has 10 nitrogen and oxygen atoms in total. The molecule has 0 amide bonds. The van der Waals surface area contributed by atoms with Gasteiger partial charge in [-0.2, -0.15) is 4.98 Å². The number of rotatable bonds is 8. The maximum Gasteiger partial charge on any atom is 0.329 e. The van der Waals surface area contributed by atoms with E-state index in [1.807, 2.05) is 31.2 Å². The van der Waals surface area contributed by atoms with Gasteiger partial charge in [0.05, 0.1) is 13.7 Å². The van der Waals surface area contributed by atoms with Crippen LogP contribution in [-0.2, 0) is 13.6 Å². The lowest BCUT2D eigenvalue weighted by Gasteiger charge is -2.16. The van der Waals surface area contributed by atoms with Crippen LogP contribution in [0.15, 0.2) is 58.1 Å². The molecule has 0 saturated heterocycles. The fourth-order valence-corrected chi connectivity index (χ4v) is 3.49. The van der Waals surface area contributed by atoms with Gasteiger partial charge in [-0.25, -0.2) is 4.79 Å². The lowest BCUT2D eigenvalue weighted by Crippen LogP contribution is -2.30. The monoisotopic (exact) mass is 451 g/mol. The number of hydrogen-bond donors (Lipinski definition) is 3. The quantitative estimate of drug-likeness (QED) is 0.374. The molecule has 2 heterocycles. The molecular weight excluding hydrogens is 426 g/mol. The van der Waals surface area contributed by atoms with Crippen molar-refractivity contribution >= 4 is 22.8 Å². The van der Waals surface area contributed by atoms with Crippen LogP contribution in [-0.4, -0.2) is 44.0 Å². The Balaban J connectivity index is 1.64. The van der Waals surface area contributed by atoms with Crippen molar-refractivity contribution < 1.29 is 14.6 Å². The van der Waals surface area contributed by atoms with Crippen molar-refractivity contribution in [2.45, 2.75) is 19.6 Å². The van der Waals surface area contributed by atoms with E-state index in [1.165, 1.54) is 11.6 Å². The summed E-state index contributed by atoms with van der Waals surface area (Å²) in [6.45, 7) is 1.96. The molecule has 0 unspecified atom stereocenters. The second kappa shape index (κ2) is 9.21. The Hall–Kier alpha value is -4.05. The average molecular weight is 451 g/mol. The molecular formula is C23H25N5O5. The number of hydrogen-bond acceptors (Lipinski definition) is 7. The molecule has 10 heteroatoms. The topological polar surface area (TPSA) is 123 Å². The third-order valence-electron chi connectivity index (χ3n) is 5.18. The van der Waals surface area contributed by atoms with E-state index >= 15 is 0 Å². The molecule has 0 fully saturated rings. The first-order valence-electron chi connectivity index (χ1n) is 10.3. The van der Waals surface area contributed by atoms with Crippen LogP contribution in [0.2, 0.25) is 0 Å².